The van der Waals surface area contributed by atoms with Crippen LogP contribution in [0.1, 0.15) is 104 Å². The summed E-state index contributed by atoms with van der Waals surface area (Å²) >= 11 is 0. The van der Waals surface area contributed by atoms with Gasteiger partial charge in [0.05, 0.1) is 6.61 Å². The van der Waals surface area contributed by atoms with E-state index in [2.05, 4.69) is 20.8 Å². The van der Waals surface area contributed by atoms with E-state index in [1.54, 1.807) is 0 Å². The number of rotatable bonds is 11. The van der Waals surface area contributed by atoms with Crippen molar-refractivity contribution < 1.29 is 29.3 Å². The molecule has 6 heteroatoms. The lowest BCUT2D eigenvalue weighted by atomic mass is 9.70. The predicted octanol–water partition coefficient (Wildman–Crippen LogP) is 5.59. The molecule has 0 saturated carbocycles. The van der Waals surface area contributed by atoms with Gasteiger partial charge in [-0.1, -0.05) is 46.5 Å². The van der Waals surface area contributed by atoms with E-state index in [1.165, 1.54) is 26.2 Å². The number of carboxylic acid groups (broad SMARTS) is 1. The molecule has 1 aromatic rings. The molecule has 0 aromatic heterocycles. The average molecular weight is 449 g/mol. The summed E-state index contributed by atoms with van der Waals surface area (Å²) in [4.78, 5) is 23.1. The van der Waals surface area contributed by atoms with Gasteiger partial charge in [0.15, 0.2) is 0 Å². The summed E-state index contributed by atoms with van der Waals surface area (Å²) in [7, 11) is 0. The van der Waals surface area contributed by atoms with Crippen LogP contribution in [0.3, 0.4) is 0 Å². The maximum Gasteiger partial charge on any atom is 0.308 e. The van der Waals surface area contributed by atoms with Crippen LogP contribution >= 0.6 is 0 Å². The number of aliphatic hydroxyl groups excluding tert-OH is 1. The third-order valence-corrected chi connectivity index (χ3v) is 6.78. The molecule has 0 fully saturated rings. The third kappa shape index (κ3) is 6.25. The highest BCUT2D eigenvalue weighted by molar-refractivity contribution is 5.71. The number of unbranched alkanes of at least 4 members (excludes halogenated alkanes) is 3. The first-order chi connectivity index (χ1) is 14.9. The number of hydrogen-bond acceptors (Lipinski definition) is 5. The number of carboxylic acids is 1. The van der Waals surface area contributed by atoms with E-state index < -0.39 is 17.5 Å². The van der Waals surface area contributed by atoms with Crippen LogP contribution in [0.5, 0.6) is 11.5 Å². The van der Waals surface area contributed by atoms with Crippen LogP contribution < -0.4 is 9.47 Å². The molecule has 2 N–H and O–H groups in total. The lowest BCUT2D eigenvalue weighted by Crippen LogP contribution is -2.46. The normalized spacial score (nSPS) is 19.7. The molecule has 0 unspecified atom stereocenters. The third-order valence-electron chi connectivity index (χ3n) is 6.78. The number of carbonyl (C=O) groups is 2. The van der Waals surface area contributed by atoms with Crippen molar-refractivity contribution in [2.45, 2.75) is 103 Å². The second-order valence-electron chi connectivity index (χ2n) is 10.2. The van der Waals surface area contributed by atoms with Gasteiger partial charge in [0.2, 0.25) is 0 Å². The van der Waals surface area contributed by atoms with Crippen molar-refractivity contribution in [2.75, 3.05) is 6.61 Å². The molecule has 1 heterocycles. The molecule has 6 nitrogen and oxygen atoms in total. The van der Waals surface area contributed by atoms with Gasteiger partial charge in [-0.2, -0.15) is 0 Å². The molecule has 0 amide bonds. The number of benzene rings is 1. The minimum Gasteiger partial charge on any atom is -0.487 e. The first-order valence-electron chi connectivity index (χ1n) is 11.8. The van der Waals surface area contributed by atoms with Gasteiger partial charge in [0, 0.05) is 30.7 Å². The number of esters is 1. The number of hydrogen-bond donors (Lipinski definition) is 2. The van der Waals surface area contributed by atoms with Gasteiger partial charge in [-0.3, -0.25) is 9.59 Å². The quantitative estimate of drug-likeness (QED) is 0.260. The van der Waals surface area contributed by atoms with E-state index in [0.717, 1.165) is 18.4 Å². The molecule has 1 aliphatic rings. The largest absolute Gasteiger partial charge is 0.487 e. The molecule has 2 rings (SSSR count). The van der Waals surface area contributed by atoms with Crippen molar-refractivity contribution in [3.8, 4) is 11.5 Å². The van der Waals surface area contributed by atoms with Crippen LogP contribution in [0, 0.1) is 5.92 Å². The molecular weight excluding hydrogens is 408 g/mol. The monoisotopic (exact) mass is 448 g/mol. The Kier molecular flexibility index (Phi) is 8.74. The van der Waals surface area contributed by atoms with Gasteiger partial charge in [0.1, 0.15) is 17.1 Å². The van der Waals surface area contributed by atoms with Crippen molar-refractivity contribution in [3.05, 3.63) is 23.3 Å². The maximum atomic E-state index is 11.9. The minimum atomic E-state index is -0.885. The van der Waals surface area contributed by atoms with Crippen molar-refractivity contribution in [1.29, 1.82) is 0 Å². The Morgan fingerprint density at radius 1 is 1.19 bits per heavy atom. The number of aliphatic carboxylic acids is 1. The van der Waals surface area contributed by atoms with Gasteiger partial charge in [-0.25, -0.2) is 0 Å². The van der Waals surface area contributed by atoms with Crippen LogP contribution in [0.4, 0.5) is 0 Å². The fraction of sp³-hybridized carbons (Fsp3) is 0.692. The zero-order valence-electron chi connectivity index (χ0n) is 20.5. The summed E-state index contributed by atoms with van der Waals surface area (Å²) < 4.78 is 12.0. The fourth-order valence-electron chi connectivity index (χ4n) is 4.91. The Bertz CT molecular complexity index is 811. The van der Waals surface area contributed by atoms with Crippen molar-refractivity contribution in [1.82, 2.24) is 0 Å². The van der Waals surface area contributed by atoms with Crippen molar-refractivity contribution in [2.24, 2.45) is 5.92 Å². The zero-order chi connectivity index (χ0) is 24.1. The van der Waals surface area contributed by atoms with Crippen molar-refractivity contribution in [3.63, 3.8) is 0 Å². The lowest BCUT2D eigenvalue weighted by molar-refractivity contribution is -0.138. The summed E-state index contributed by atoms with van der Waals surface area (Å²) in [5.74, 6) is -0.933. The van der Waals surface area contributed by atoms with Gasteiger partial charge < -0.3 is 19.7 Å². The summed E-state index contributed by atoms with van der Waals surface area (Å²) in [6, 6.07) is 3.92. The molecule has 2 atom stereocenters. The van der Waals surface area contributed by atoms with E-state index in [4.69, 9.17) is 9.47 Å². The smallest absolute Gasteiger partial charge is 0.308 e. The molecule has 0 spiro atoms. The molecule has 0 aliphatic carbocycles. The Labute approximate surface area is 192 Å². The van der Waals surface area contributed by atoms with Gasteiger partial charge >= 0.3 is 11.9 Å². The van der Waals surface area contributed by atoms with Gasteiger partial charge in [-0.05, 0) is 49.8 Å². The number of ether oxygens (including phenoxy) is 2. The Balaban J connectivity index is 2.52. The minimum absolute atomic E-state index is 0.0188. The predicted molar refractivity (Wildman–Crippen MR) is 124 cm³/mol. The first kappa shape index (κ1) is 26.2. The van der Waals surface area contributed by atoms with Gasteiger partial charge in [-0.15, -0.1) is 0 Å². The highest BCUT2D eigenvalue weighted by Gasteiger charge is 2.45. The highest BCUT2D eigenvalue weighted by atomic mass is 16.5. The van der Waals surface area contributed by atoms with Crippen LogP contribution in [0.15, 0.2) is 12.1 Å². The second kappa shape index (κ2) is 10.7. The van der Waals surface area contributed by atoms with E-state index >= 15 is 0 Å². The maximum absolute atomic E-state index is 11.9. The number of fused-ring (bicyclic) bond motifs is 1. The van der Waals surface area contributed by atoms with E-state index in [-0.39, 0.29) is 30.3 Å². The molecular formula is C26H40O6. The summed E-state index contributed by atoms with van der Waals surface area (Å²) in [6.07, 6.45) is 6.04. The molecule has 1 aromatic carbocycles. The molecule has 1 aliphatic heterocycles. The molecule has 180 valence electrons. The van der Waals surface area contributed by atoms with Crippen LogP contribution in [-0.4, -0.2) is 34.4 Å². The Morgan fingerprint density at radius 2 is 1.88 bits per heavy atom. The van der Waals surface area contributed by atoms with E-state index in [0.29, 0.717) is 23.5 Å². The fourth-order valence-corrected chi connectivity index (χ4v) is 4.91. The number of carbonyl (C=O) groups excluding carboxylic acids is 1. The molecule has 0 radical (unpaired) electrons. The topological polar surface area (TPSA) is 93.1 Å². The molecule has 0 saturated heterocycles. The van der Waals surface area contributed by atoms with Crippen molar-refractivity contribution >= 4 is 11.9 Å². The standard InChI is InChI=1S/C26H40O6/c1-7-8-9-10-13-25(3,4)18-14-21(31-17(2)28)24-19(16-27)20(11-12-23(29)30)26(5,6)32-22(24)15-18/h14-15,19-20,27H,7-13,16H2,1-6H3,(H,29,30)/t19-,20-/m1/s1. The van der Waals surface area contributed by atoms with E-state index in [9.17, 15) is 19.8 Å². The summed E-state index contributed by atoms with van der Waals surface area (Å²) in [6.45, 7) is 11.6. The SMILES string of the molecule is CCCCCCC(C)(C)c1cc(OC(C)=O)c2c(c1)OC(C)(C)[C@H](CCC(=O)O)[C@H]2CO. The first-order valence-corrected chi connectivity index (χ1v) is 11.8. The Hall–Kier alpha value is -2.08. The molecule has 32 heavy (non-hydrogen) atoms. The van der Waals surface area contributed by atoms with Gasteiger partial charge in [0.25, 0.3) is 0 Å². The van der Waals surface area contributed by atoms with Crippen LogP contribution in [0.25, 0.3) is 0 Å². The lowest BCUT2D eigenvalue weighted by Gasteiger charge is -2.45. The number of aliphatic hydroxyl groups is 1. The molecule has 0 bridgehead atoms. The van der Waals surface area contributed by atoms with Crippen LogP contribution in [-0.2, 0) is 15.0 Å². The average Bonchev–Trinajstić information content (AvgIpc) is 2.67. The second-order valence-corrected chi connectivity index (χ2v) is 10.2. The van der Waals surface area contributed by atoms with E-state index in [1.807, 2.05) is 26.0 Å². The Morgan fingerprint density at radius 3 is 2.44 bits per heavy atom. The summed E-state index contributed by atoms with van der Waals surface area (Å²) in [5.41, 5.74) is 0.871. The zero-order valence-corrected chi connectivity index (χ0v) is 20.5. The summed E-state index contributed by atoms with van der Waals surface area (Å²) in [5, 5.41) is 19.5. The highest BCUT2D eigenvalue weighted by Crippen LogP contribution is 2.52. The van der Waals surface area contributed by atoms with Crippen LogP contribution in [0.2, 0.25) is 0 Å².